The summed E-state index contributed by atoms with van der Waals surface area (Å²) >= 11 is 0. The van der Waals surface area contributed by atoms with Gasteiger partial charge in [0.25, 0.3) is 5.56 Å². The van der Waals surface area contributed by atoms with Crippen LogP contribution in [-0.4, -0.2) is 41.1 Å². The molecule has 3 rings (SSSR count). The maximum Gasteiger partial charge on any atom is 0.262 e. The number of benzene rings is 1. The molecule has 0 spiro atoms. The average Bonchev–Trinajstić information content (AvgIpc) is 3.16. The van der Waals surface area contributed by atoms with Gasteiger partial charge in [0.05, 0.1) is 33.1 Å². The molecule has 34 heavy (non-hydrogen) atoms. The molecule has 0 aliphatic heterocycles. The Balaban J connectivity index is 2.00. The van der Waals surface area contributed by atoms with Gasteiger partial charge in [-0.1, -0.05) is 46.0 Å². The van der Waals surface area contributed by atoms with Gasteiger partial charge in [0, 0.05) is 6.42 Å². The van der Waals surface area contributed by atoms with Crippen LogP contribution in [0.4, 0.5) is 0 Å². The molecule has 1 aromatic carbocycles. The Bertz CT molecular complexity index is 1130. The average molecular weight is 471 g/mol. The molecule has 2 aromatic heterocycles. The van der Waals surface area contributed by atoms with Crippen molar-refractivity contribution in [2.24, 2.45) is 0 Å². The smallest absolute Gasteiger partial charge is 0.262 e. The number of nitrogens with zero attached hydrogens (tertiary/aromatic N) is 3. The lowest BCUT2D eigenvalue weighted by atomic mass is 10.0. The summed E-state index contributed by atoms with van der Waals surface area (Å²) in [6, 6.07) is 3.99. The van der Waals surface area contributed by atoms with Crippen LogP contribution in [0.1, 0.15) is 81.9 Å². The Morgan fingerprint density at radius 3 is 2.26 bits per heavy atom. The quantitative estimate of drug-likeness (QED) is 0.338. The van der Waals surface area contributed by atoms with Crippen molar-refractivity contribution in [2.75, 3.05) is 21.3 Å². The van der Waals surface area contributed by atoms with Crippen molar-refractivity contribution in [3.05, 3.63) is 39.6 Å². The predicted molar refractivity (Wildman–Crippen MR) is 134 cm³/mol. The van der Waals surface area contributed by atoms with Gasteiger partial charge in [0.2, 0.25) is 5.75 Å². The zero-order chi connectivity index (χ0) is 24.7. The van der Waals surface area contributed by atoms with Crippen LogP contribution in [0.25, 0.3) is 11.0 Å². The van der Waals surface area contributed by atoms with Gasteiger partial charge < -0.3 is 19.2 Å². The van der Waals surface area contributed by atoms with Gasteiger partial charge in [-0.05, 0) is 37.5 Å². The zero-order valence-corrected chi connectivity index (χ0v) is 21.4. The summed E-state index contributed by atoms with van der Waals surface area (Å²) in [4.78, 5) is 20.9. The Morgan fingerprint density at radius 2 is 1.68 bits per heavy atom. The number of aromatic amines is 1. The highest BCUT2D eigenvalue weighted by Gasteiger charge is 2.21. The third-order valence-corrected chi connectivity index (χ3v) is 6.24. The molecule has 8 heteroatoms. The number of nitrogens with one attached hydrogen (secondary N) is 1. The first-order valence-electron chi connectivity index (χ1n) is 12.2. The van der Waals surface area contributed by atoms with Crippen LogP contribution in [0.3, 0.4) is 0 Å². The van der Waals surface area contributed by atoms with Crippen LogP contribution < -0.4 is 19.8 Å². The van der Waals surface area contributed by atoms with E-state index >= 15 is 0 Å². The minimum atomic E-state index is -0.155. The van der Waals surface area contributed by atoms with Gasteiger partial charge in [-0.2, -0.15) is 5.10 Å². The number of aromatic nitrogens is 4. The molecule has 1 N–H and O–H groups in total. The monoisotopic (exact) mass is 470 g/mol. The molecule has 0 fully saturated rings. The molecule has 8 nitrogen and oxygen atoms in total. The first kappa shape index (κ1) is 25.6. The van der Waals surface area contributed by atoms with E-state index in [2.05, 4.69) is 18.8 Å². The van der Waals surface area contributed by atoms with Crippen molar-refractivity contribution in [1.29, 1.82) is 0 Å². The molecule has 1 unspecified atom stereocenters. The number of unbranched alkanes of at least 4 members (excludes halogenated alkanes) is 3. The summed E-state index contributed by atoms with van der Waals surface area (Å²) in [5, 5.41) is 5.34. The van der Waals surface area contributed by atoms with Gasteiger partial charge in [0.1, 0.15) is 11.2 Å². The maximum atomic E-state index is 13.0. The van der Waals surface area contributed by atoms with Crippen molar-refractivity contribution in [2.45, 2.75) is 78.2 Å². The van der Waals surface area contributed by atoms with Gasteiger partial charge in [-0.3, -0.25) is 4.79 Å². The molecule has 2 heterocycles. The fourth-order valence-electron chi connectivity index (χ4n) is 4.56. The van der Waals surface area contributed by atoms with Crippen molar-refractivity contribution in [3.8, 4) is 17.2 Å². The molecule has 3 aromatic rings. The van der Waals surface area contributed by atoms with Crippen molar-refractivity contribution < 1.29 is 14.2 Å². The summed E-state index contributed by atoms with van der Waals surface area (Å²) in [5.41, 5.74) is 2.12. The van der Waals surface area contributed by atoms with Gasteiger partial charge in [-0.15, -0.1) is 0 Å². The topological polar surface area (TPSA) is 91.3 Å². The third kappa shape index (κ3) is 5.54. The van der Waals surface area contributed by atoms with Gasteiger partial charge >= 0.3 is 0 Å². The van der Waals surface area contributed by atoms with E-state index in [9.17, 15) is 4.79 Å². The Labute approximate surface area is 201 Å². The lowest BCUT2D eigenvalue weighted by Crippen LogP contribution is -2.16. The molecule has 0 aliphatic rings. The first-order valence-corrected chi connectivity index (χ1v) is 12.2. The lowest BCUT2D eigenvalue weighted by Gasteiger charge is -2.18. The summed E-state index contributed by atoms with van der Waals surface area (Å²) < 4.78 is 18.4. The minimum absolute atomic E-state index is 0.155. The van der Waals surface area contributed by atoms with Crippen molar-refractivity contribution in [3.63, 3.8) is 0 Å². The SMILES string of the molecule is CCCCCCC(CCC)n1nc(C)c2c(=O)[nH]c(Cc3cc(OC)c(OC)c(OC)c3)nc21. The van der Waals surface area contributed by atoms with Crippen LogP contribution in [0, 0.1) is 6.92 Å². The second-order valence-corrected chi connectivity index (χ2v) is 8.74. The van der Waals surface area contributed by atoms with Crippen LogP contribution >= 0.6 is 0 Å². The van der Waals surface area contributed by atoms with E-state index in [1.165, 1.54) is 19.3 Å². The van der Waals surface area contributed by atoms with Gasteiger partial charge in [-0.25, -0.2) is 9.67 Å². The Hall–Kier alpha value is -3.03. The van der Waals surface area contributed by atoms with E-state index in [-0.39, 0.29) is 11.6 Å². The summed E-state index contributed by atoms with van der Waals surface area (Å²) in [5.74, 6) is 2.24. The Morgan fingerprint density at radius 1 is 0.971 bits per heavy atom. The lowest BCUT2D eigenvalue weighted by molar-refractivity contribution is 0.324. The second kappa shape index (κ2) is 11.9. The fraction of sp³-hybridized carbons (Fsp3) is 0.577. The molecule has 186 valence electrons. The minimum Gasteiger partial charge on any atom is -0.493 e. The molecule has 0 saturated carbocycles. The van der Waals surface area contributed by atoms with Crippen molar-refractivity contribution >= 4 is 11.0 Å². The number of fused-ring (bicyclic) bond motifs is 1. The number of methoxy groups -OCH3 is 3. The molecular formula is C26H38N4O4. The highest BCUT2D eigenvalue weighted by molar-refractivity contribution is 5.77. The molecule has 0 aliphatic carbocycles. The molecule has 1 atom stereocenters. The molecule has 0 amide bonds. The summed E-state index contributed by atoms with van der Waals surface area (Å²) in [6.07, 6.45) is 8.36. The van der Waals surface area contributed by atoms with E-state index < -0.39 is 0 Å². The standard InChI is InChI=1S/C26H38N4O4/c1-7-9-10-11-13-19(12-8-2)30-25-23(17(3)29-30)26(31)28-22(27-25)16-18-14-20(32-4)24(34-6)21(15-18)33-5/h14-15,19H,7-13,16H2,1-6H3,(H,27,28,31). The predicted octanol–water partition coefficient (Wildman–Crippen LogP) is 5.36. The van der Waals surface area contributed by atoms with Crippen LogP contribution in [0.2, 0.25) is 0 Å². The van der Waals surface area contributed by atoms with E-state index in [4.69, 9.17) is 24.3 Å². The molecule has 0 saturated heterocycles. The number of hydrogen-bond donors (Lipinski definition) is 1. The molecule has 0 bridgehead atoms. The second-order valence-electron chi connectivity index (χ2n) is 8.74. The first-order chi connectivity index (χ1) is 16.5. The summed E-state index contributed by atoms with van der Waals surface area (Å²) in [6.45, 7) is 6.29. The van der Waals surface area contributed by atoms with Crippen LogP contribution in [-0.2, 0) is 6.42 Å². The fourth-order valence-corrected chi connectivity index (χ4v) is 4.56. The van der Waals surface area contributed by atoms with Crippen molar-refractivity contribution in [1.82, 2.24) is 19.7 Å². The molecule has 0 radical (unpaired) electrons. The largest absolute Gasteiger partial charge is 0.493 e. The third-order valence-electron chi connectivity index (χ3n) is 6.24. The Kier molecular flexibility index (Phi) is 8.96. The normalized spacial score (nSPS) is 12.2. The summed E-state index contributed by atoms with van der Waals surface area (Å²) in [7, 11) is 4.75. The number of aryl methyl sites for hydroxylation is 1. The van der Waals surface area contributed by atoms with Crippen LogP contribution in [0.15, 0.2) is 16.9 Å². The van der Waals surface area contributed by atoms with Gasteiger partial charge in [0.15, 0.2) is 17.1 Å². The molecular weight excluding hydrogens is 432 g/mol. The number of rotatable bonds is 13. The van der Waals surface area contributed by atoms with E-state index in [1.54, 1.807) is 21.3 Å². The number of ether oxygens (including phenoxy) is 3. The highest BCUT2D eigenvalue weighted by Crippen LogP contribution is 2.38. The number of H-pyrrole nitrogens is 1. The number of hydrogen-bond acceptors (Lipinski definition) is 6. The maximum absolute atomic E-state index is 13.0. The van der Waals surface area contributed by atoms with E-state index in [0.717, 1.165) is 36.9 Å². The van der Waals surface area contributed by atoms with Crippen LogP contribution in [0.5, 0.6) is 17.2 Å². The van der Waals surface area contributed by atoms with E-state index in [1.807, 2.05) is 23.7 Å². The zero-order valence-electron chi connectivity index (χ0n) is 21.4. The van der Waals surface area contributed by atoms with E-state index in [0.29, 0.717) is 40.5 Å². The highest BCUT2D eigenvalue weighted by atomic mass is 16.5.